The molecule has 4 aromatic rings. The van der Waals surface area contributed by atoms with Crippen molar-refractivity contribution in [1.82, 2.24) is 0 Å². The number of carboxylic acids is 1. The third kappa shape index (κ3) is 3.85. The molecule has 1 unspecified atom stereocenters. The number of phenolic OH excluding ortho intramolecular Hbond substituents is 1. The van der Waals surface area contributed by atoms with Crippen LogP contribution in [0.3, 0.4) is 0 Å². The van der Waals surface area contributed by atoms with Gasteiger partial charge in [0.25, 0.3) is 0 Å². The fraction of sp³-hybridized carbons (Fsp3) is 0.207. The van der Waals surface area contributed by atoms with E-state index in [-0.39, 0.29) is 18.2 Å². The van der Waals surface area contributed by atoms with Gasteiger partial charge in [0.15, 0.2) is 0 Å². The second-order valence-electron chi connectivity index (χ2n) is 9.00. The number of anilines is 1. The van der Waals surface area contributed by atoms with Gasteiger partial charge in [0, 0.05) is 33.5 Å². The molecule has 0 fully saturated rings. The lowest BCUT2D eigenvalue weighted by molar-refractivity contribution is -0.136. The molecule has 5 rings (SSSR count). The summed E-state index contributed by atoms with van der Waals surface area (Å²) in [6.07, 6.45) is 1.85. The zero-order valence-corrected chi connectivity index (χ0v) is 22.0. The number of hydrogen-bond donors (Lipinski definition) is 2. The lowest BCUT2D eigenvalue weighted by atomic mass is 9.81. The largest absolute Gasteiger partial charge is 0.507 e. The molecule has 0 aliphatic carbocycles. The predicted molar refractivity (Wildman–Crippen MR) is 147 cm³/mol. The summed E-state index contributed by atoms with van der Waals surface area (Å²) < 4.78 is 8.64. The monoisotopic (exact) mass is 519 g/mol. The van der Waals surface area contributed by atoms with Gasteiger partial charge < -0.3 is 18.9 Å². The van der Waals surface area contributed by atoms with Crippen molar-refractivity contribution >= 4 is 35.2 Å². The van der Waals surface area contributed by atoms with E-state index in [0.29, 0.717) is 21.7 Å². The summed E-state index contributed by atoms with van der Waals surface area (Å²) in [6, 6.07) is 16.9. The maximum absolute atomic E-state index is 12.0. The van der Waals surface area contributed by atoms with Gasteiger partial charge in [-0.1, -0.05) is 53.9 Å². The van der Waals surface area contributed by atoms with Crippen molar-refractivity contribution in [3.05, 3.63) is 82.1 Å². The summed E-state index contributed by atoms with van der Waals surface area (Å²) in [6.45, 7) is 6.05. The van der Waals surface area contributed by atoms with Crippen molar-refractivity contribution in [3.8, 4) is 39.3 Å². The van der Waals surface area contributed by atoms with Crippen molar-refractivity contribution in [2.45, 2.75) is 33.2 Å². The minimum absolute atomic E-state index is 0.0138. The molecule has 1 aliphatic heterocycles. The van der Waals surface area contributed by atoms with E-state index in [0.717, 1.165) is 45.0 Å². The number of phenols is 1. The number of nitrogens with zero attached hydrogens (tertiary/aromatic N) is 1. The number of aliphatic carboxylic acids is 1. The molecule has 2 heterocycles. The van der Waals surface area contributed by atoms with Crippen molar-refractivity contribution in [2.24, 2.45) is 0 Å². The molecule has 0 bridgehead atoms. The fourth-order valence-corrected chi connectivity index (χ4v) is 6.30. The zero-order valence-electron chi connectivity index (χ0n) is 20.4. The van der Waals surface area contributed by atoms with E-state index >= 15 is 0 Å². The average molecular weight is 520 g/mol. The summed E-state index contributed by atoms with van der Waals surface area (Å²) in [5.41, 5.74) is 7.65. The van der Waals surface area contributed by atoms with Crippen LogP contribution in [0.5, 0.6) is 5.75 Å². The summed E-state index contributed by atoms with van der Waals surface area (Å²) >= 11 is 7.70. The molecule has 0 saturated heterocycles. The number of rotatable bonds is 5. The second kappa shape index (κ2) is 9.26. The molecule has 184 valence electrons. The summed E-state index contributed by atoms with van der Waals surface area (Å²) in [4.78, 5) is 12.0. The van der Waals surface area contributed by atoms with E-state index in [9.17, 15) is 15.0 Å². The van der Waals surface area contributed by atoms with Crippen LogP contribution < -0.4 is 4.31 Å². The molecule has 0 amide bonds. The maximum atomic E-state index is 12.0. The minimum Gasteiger partial charge on any atom is -0.507 e. The Morgan fingerprint density at radius 3 is 2.42 bits per heavy atom. The van der Waals surface area contributed by atoms with Crippen LogP contribution in [0, 0.1) is 13.8 Å². The number of aromatic hydroxyl groups is 1. The Morgan fingerprint density at radius 2 is 1.78 bits per heavy atom. The Morgan fingerprint density at radius 1 is 1.06 bits per heavy atom. The number of furan rings is 1. The van der Waals surface area contributed by atoms with Gasteiger partial charge in [0.1, 0.15) is 17.3 Å². The van der Waals surface area contributed by atoms with Crippen LogP contribution in [0.15, 0.2) is 59.0 Å². The van der Waals surface area contributed by atoms with E-state index in [2.05, 4.69) is 17.3 Å². The van der Waals surface area contributed by atoms with Crippen LogP contribution in [-0.4, -0.2) is 22.4 Å². The Balaban J connectivity index is 1.87. The molecule has 7 heteroatoms. The molecule has 36 heavy (non-hydrogen) atoms. The van der Waals surface area contributed by atoms with Crippen LogP contribution in [0.25, 0.3) is 33.6 Å². The van der Waals surface area contributed by atoms with Crippen LogP contribution >= 0.6 is 23.5 Å². The minimum atomic E-state index is -0.929. The van der Waals surface area contributed by atoms with Crippen molar-refractivity contribution in [2.75, 3.05) is 10.6 Å². The predicted octanol–water partition coefficient (Wildman–Crippen LogP) is 8.04. The molecule has 5 nitrogen and oxygen atoms in total. The van der Waals surface area contributed by atoms with Gasteiger partial charge in [-0.3, -0.25) is 4.79 Å². The number of benzene rings is 3. The molecule has 0 radical (unpaired) electrons. The van der Waals surface area contributed by atoms with Gasteiger partial charge in [-0.15, -0.1) is 0 Å². The number of fused-ring (bicyclic) bond motifs is 3. The first-order chi connectivity index (χ1) is 17.2. The average Bonchev–Trinajstić information content (AvgIpc) is 3.29. The van der Waals surface area contributed by atoms with E-state index in [1.165, 1.54) is 6.07 Å². The number of carbonyl (C=O) groups is 1. The Kier molecular flexibility index (Phi) is 6.27. The molecule has 1 atom stereocenters. The Bertz CT molecular complexity index is 1500. The first kappa shape index (κ1) is 24.3. The van der Waals surface area contributed by atoms with Gasteiger partial charge >= 0.3 is 5.97 Å². The highest BCUT2D eigenvalue weighted by Crippen LogP contribution is 2.55. The first-order valence-corrected chi connectivity index (χ1v) is 13.2. The van der Waals surface area contributed by atoms with Gasteiger partial charge in [-0.2, -0.15) is 0 Å². The molecule has 3 aromatic carbocycles. The van der Waals surface area contributed by atoms with Crippen LogP contribution in [0.1, 0.15) is 35.4 Å². The number of hydrogen-bond acceptors (Lipinski definition) is 5. The smallest absolute Gasteiger partial charge is 0.307 e. The lowest BCUT2D eigenvalue weighted by Gasteiger charge is -2.37. The first-order valence-electron chi connectivity index (χ1n) is 11.6. The Labute approximate surface area is 219 Å². The van der Waals surface area contributed by atoms with Crippen LogP contribution in [-0.2, 0) is 11.2 Å². The van der Waals surface area contributed by atoms with Crippen molar-refractivity contribution in [3.63, 3.8) is 0 Å². The van der Waals surface area contributed by atoms with E-state index in [1.807, 2.05) is 50.4 Å². The van der Waals surface area contributed by atoms with Gasteiger partial charge in [0.2, 0.25) is 0 Å². The molecular formula is C29H26ClNO4S. The topological polar surface area (TPSA) is 73.9 Å². The number of halogens is 1. The van der Waals surface area contributed by atoms with Crippen LogP contribution in [0.2, 0.25) is 5.02 Å². The highest BCUT2D eigenvalue weighted by atomic mass is 35.5. The molecule has 1 aliphatic rings. The third-order valence-corrected chi connectivity index (χ3v) is 8.02. The van der Waals surface area contributed by atoms with Gasteiger partial charge in [-0.05, 0) is 67.3 Å². The zero-order chi connectivity index (χ0) is 25.7. The maximum Gasteiger partial charge on any atom is 0.307 e. The fourth-order valence-electron chi connectivity index (χ4n) is 5.31. The van der Waals surface area contributed by atoms with Crippen LogP contribution in [0.4, 0.5) is 5.69 Å². The van der Waals surface area contributed by atoms with Crippen molar-refractivity contribution in [1.29, 1.82) is 0 Å². The molecule has 0 spiro atoms. The SMILES string of the molecule is CSN1c2c(C)c(CC(=O)O)c(-c3ccc(Cl)cc3O)c(C)c2-c2cc(-c3ccccc3)oc2C1C. The molecular weight excluding hydrogens is 494 g/mol. The molecule has 2 N–H and O–H groups in total. The number of carboxylic acid groups (broad SMARTS) is 1. The normalized spacial score (nSPS) is 14.5. The van der Waals surface area contributed by atoms with E-state index in [4.69, 9.17) is 16.0 Å². The van der Waals surface area contributed by atoms with Crippen molar-refractivity contribution < 1.29 is 19.4 Å². The highest BCUT2D eigenvalue weighted by molar-refractivity contribution is 8.00. The molecule has 0 saturated carbocycles. The summed E-state index contributed by atoms with van der Waals surface area (Å²) in [5.74, 6) is 0.723. The van der Waals surface area contributed by atoms with Gasteiger partial charge in [0.05, 0.1) is 18.2 Å². The van der Waals surface area contributed by atoms with E-state index < -0.39 is 5.97 Å². The standard InChI is InChI=1S/C29H26ClNO4S/c1-15-21(14-25(33)34)26(20-11-10-19(30)12-23(20)32)16(2)27-22-13-24(18-8-6-5-7-9-18)35-29(22)17(3)31(36-4)28(15)27/h5-13,17,32H,14H2,1-4H3,(H,33,34). The van der Waals surface area contributed by atoms with Gasteiger partial charge in [-0.25, -0.2) is 0 Å². The summed E-state index contributed by atoms with van der Waals surface area (Å²) in [7, 11) is 0. The highest BCUT2D eigenvalue weighted by Gasteiger charge is 2.37. The lowest BCUT2D eigenvalue weighted by Crippen LogP contribution is -2.25. The molecule has 1 aromatic heterocycles. The van der Waals surface area contributed by atoms with E-state index in [1.54, 1.807) is 24.1 Å². The summed E-state index contributed by atoms with van der Waals surface area (Å²) in [5, 5.41) is 21.1. The Hall–Kier alpha value is -3.35. The second-order valence-corrected chi connectivity index (χ2v) is 10.2. The third-order valence-electron chi connectivity index (χ3n) is 6.89. The quantitative estimate of drug-likeness (QED) is 0.260.